The molecule has 0 aliphatic carbocycles. The van der Waals surface area contributed by atoms with Crippen molar-refractivity contribution in [1.82, 2.24) is 9.62 Å². The zero-order valence-corrected chi connectivity index (χ0v) is 11.0. The molecule has 1 amide bonds. The third-order valence-corrected chi connectivity index (χ3v) is 3.39. The molecule has 2 N–H and O–H groups in total. The molecule has 7 nitrogen and oxygen atoms in total. The van der Waals surface area contributed by atoms with Crippen molar-refractivity contribution in [3.63, 3.8) is 0 Å². The van der Waals surface area contributed by atoms with E-state index in [1.54, 1.807) is 6.92 Å². The summed E-state index contributed by atoms with van der Waals surface area (Å²) in [5.74, 6) is -1.38. The number of carboxylic acids is 1. The molecule has 0 aromatic carbocycles. The molecule has 0 bridgehead atoms. The molecule has 0 saturated heterocycles. The number of nitrogens with one attached hydrogen (secondary N) is 1. The van der Waals surface area contributed by atoms with Gasteiger partial charge >= 0.3 is 5.97 Å². The maximum Gasteiger partial charge on any atom is 0.303 e. The van der Waals surface area contributed by atoms with Gasteiger partial charge in [0.05, 0.1) is 12.8 Å². The molecule has 0 rings (SSSR count). The number of carbonyl (C=O) groups excluding carboxylic acids is 1. The largest absolute Gasteiger partial charge is 0.481 e. The maximum absolute atomic E-state index is 11.4. The first-order valence-corrected chi connectivity index (χ1v) is 6.90. The Bertz CT molecular complexity index is 379. The number of carbonyl (C=O) groups is 2. The zero-order valence-electron chi connectivity index (χ0n) is 10.1. The van der Waals surface area contributed by atoms with Crippen LogP contribution in [0, 0.1) is 0 Å². The van der Waals surface area contributed by atoms with Gasteiger partial charge < -0.3 is 10.4 Å². The Labute approximate surface area is 101 Å². The van der Waals surface area contributed by atoms with Gasteiger partial charge in [-0.1, -0.05) is 0 Å². The standard InChI is InChI=1S/C9H18N2O5S/c1-7(4-5-9(13)14)10-8(12)6-11(2)17(3,15)16/h7H,4-6H2,1-3H3,(H,10,12)(H,13,14). The van der Waals surface area contributed by atoms with Crippen LogP contribution in [0.25, 0.3) is 0 Å². The highest BCUT2D eigenvalue weighted by Crippen LogP contribution is 1.97. The lowest BCUT2D eigenvalue weighted by molar-refractivity contribution is -0.137. The summed E-state index contributed by atoms with van der Waals surface area (Å²) in [5.41, 5.74) is 0. The first-order chi connectivity index (χ1) is 7.62. The summed E-state index contributed by atoms with van der Waals surface area (Å²) in [6.45, 7) is 1.40. The van der Waals surface area contributed by atoms with Crippen LogP contribution in [0.15, 0.2) is 0 Å². The first kappa shape index (κ1) is 15.9. The van der Waals surface area contributed by atoms with Crippen molar-refractivity contribution in [2.75, 3.05) is 19.8 Å². The molecular formula is C9H18N2O5S. The lowest BCUT2D eigenvalue weighted by atomic mass is 10.2. The maximum atomic E-state index is 11.4. The molecule has 100 valence electrons. The van der Waals surface area contributed by atoms with Crippen molar-refractivity contribution < 1.29 is 23.1 Å². The lowest BCUT2D eigenvalue weighted by Gasteiger charge is -2.16. The van der Waals surface area contributed by atoms with Gasteiger partial charge in [-0.2, -0.15) is 4.31 Å². The molecule has 0 spiro atoms. The van der Waals surface area contributed by atoms with Gasteiger partial charge in [0.1, 0.15) is 0 Å². The van der Waals surface area contributed by atoms with Crippen molar-refractivity contribution in [2.24, 2.45) is 0 Å². The summed E-state index contributed by atoms with van der Waals surface area (Å²) < 4.78 is 23.0. The van der Waals surface area contributed by atoms with Gasteiger partial charge in [-0.25, -0.2) is 8.42 Å². The van der Waals surface area contributed by atoms with Crippen LogP contribution in [0.4, 0.5) is 0 Å². The topological polar surface area (TPSA) is 104 Å². The Morgan fingerprint density at radius 2 is 1.94 bits per heavy atom. The fourth-order valence-corrected chi connectivity index (χ4v) is 1.40. The quantitative estimate of drug-likeness (QED) is 0.631. The molecule has 1 atom stereocenters. The Kier molecular flexibility index (Phi) is 6.11. The molecule has 0 aromatic heterocycles. The van der Waals surface area contributed by atoms with Crippen molar-refractivity contribution >= 4 is 21.9 Å². The van der Waals surface area contributed by atoms with Crippen LogP contribution < -0.4 is 5.32 Å². The van der Waals surface area contributed by atoms with Crippen molar-refractivity contribution in [3.05, 3.63) is 0 Å². The summed E-state index contributed by atoms with van der Waals surface area (Å²) in [4.78, 5) is 21.7. The summed E-state index contributed by atoms with van der Waals surface area (Å²) in [6, 6.07) is -0.299. The second-order valence-electron chi connectivity index (χ2n) is 3.92. The minimum Gasteiger partial charge on any atom is -0.481 e. The van der Waals surface area contributed by atoms with Crippen LogP contribution in [-0.2, 0) is 19.6 Å². The Morgan fingerprint density at radius 3 is 2.35 bits per heavy atom. The van der Waals surface area contributed by atoms with E-state index >= 15 is 0 Å². The normalized spacial score (nSPS) is 13.4. The summed E-state index contributed by atoms with van der Waals surface area (Å²) >= 11 is 0. The number of amides is 1. The molecule has 0 aliphatic rings. The third-order valence-electron chi connectivity index (χ3n) is 2.13. The monoisotopic (exact) mass is 266 g/mol. The third kappa shape index (κ3) is 7.70. The number of hydrogen-bond acceptors (Lipinski definition) is 4. The smallest absolute Gasteiger partial charge is 0.303 e. The number of likely N-dealkylation sites (N-methyl/N-ethyl adjacent to an activating group) is 1. The van der Waals surface area contributed by atoms with Gasteiger partial charge in [0.2, 0.25) is 15.9 Å². The van der Waals surface area contributed by atoms with E-state index in [4.69, 9.17) is 5.11 Å². The van der Waals surface area contributed by atoms with Crippen LogP contribution in [0.1, 0.15) is 19.8 Å². The Morgan fingerprint density at radius 1 is 1.41 bits per heavy atom. The highest BCUT2D eigenvalue weighted by Gasteiger charge is 2.16. The van der Waals surface area contributed by atoms with Gasteiger partial charge in [0.25, 0.3) is 0 Å². The average Bonchev–Trinajstić information content (AvgIpc) is 2.12. The van der Waals surface area contributed by atoms with Crippen LogP contribution in [0.2, 0.25) is 0 Å². The number of rotatable bonds is 7. The second kappa shape index (κ2) is 6.55. The molecule has 0 aromatic rings. The van der Waals surface area contributed by atoms with E-state index in [0.29, 0.717) is 6.42 Å². The average molecular weight is 266 g/mol. The molecule has 0 heterocycles. The molecular weight excluding hydrogens is 248 g/mol. The van der Waals surface area contributed by atoms with E-state index in [1.807, 2.05) is 0 Å². The van der Waals surface area contributed by atoms with E-state index in [2.05, 4.69) is 5.32 Å². The SMILES string of the molecule is CC(CCC(=O)O)NC(=O)CN(C)S(C)(=O)=O. The molecule has 8 heteroatoms. The molecule has 0 aliphatic heterocycles. The molecule has 0 saturated carbocycles. The minimum absolute atomic E-state index is 0.0383. The van der Waals surface area contributed by atoms with Crippen LogP contribution in [-0.4, -0.2) is 55.6 Å². The van der Waals surface area contributed by atoms with E-state index in [9.17, 15) is 18.0 Å². The highest BCUT2D eigenvalue weighted by molar-refractivity contribution is 7.88. The Hall–Kier alpha value is -1.15. The van der Waals surface area contributed by atoms with Gasteiger partial charge in [-0.15, -0.1) is 0 Å². The molecule has 17 heavy (non-hydrogen) atoms. The number of carboxylic acid groups (broad SMARTS) is 1. The summed E-state index contributed by atoms with van der Waals surface area (Å²) in [5, 5.41) is 11.0. The van der Waals surface area contributed by atoms with E-state index in [1.165, 1.54) is 7.05 Å². The van der Waals surface area contributed by atoms with Gasteiger partial charge in [-0.05, 0) is 13.3 Å². The van der Waals surface area contributed by atoms with Crippen LogP contribution >= 0.6 is 0 Å². The second-order valence-corrected chi connectivity index (χ2v) is 6.01. The number of sulfonamides is 1. The lowest BCUT2D eigenvalue weighted by Crippen LogP contribution is -2.41. The Balaban J connectivity index is 4.06. The molecule has 0 fully saturated rings. The zero-order chi connectivity index (χ0) is 13.6. The summed E-state index contributed by atoms with van der Waals surface area (Å²) in [7, 11) is -2.08. The van der Waals surface area contributed by atoms with E-state index < -0.39 is 21.9 Å². The van der Waals surface area contributed by atoms with Crippen molar-refractivity contribution in [1.29, 1.82) is 0 Å². The van der Waals surface area contributed by atoms with E-state index in [0.717, 1.165) is 10.6 Å². The van der Waals surface area contributed by atoms with E-state index in [-0.39, 0.29) is 19.0 Å². The highest BCUT2D eigenvalue weighted by atomic mass is 32.2. The number of aliphatic carboxylic acids is 1. The van der Waals surface area contributed by atoms with Gasteiger partial charge in [0.15, 0.2) is 0 Å². The fraction of sp³-hybridized carbons (Fsp3) is 0.778. The predicted molar refractivity (Wildman–Crippen MR) is 61.9 cm³/mol. The van der Waals surface area contributed by atoms with Gasteiger partial charge in [0, 0.05) is 19.5 Å². The van der Waals surface area contributed by atoms with Crippen LogP contribution in [0.3, 0.4) is 0 Å². The molecule has 1 unspecified atom stereocenters. The van der Waals surface area contributed by atoms with Gasteiger partial charge in [-0.3, -0.25) is 9.59 Å². The predicted octanol–water partition coefficient (Wildman–Crippen LogP) is -0.753. The number of hydrogen-bond donors (Lipinski definition) is 2. The first-order valence-electron chi connectivity index (χ1n) is 5.05. The van der Waals surface area contributed by atoms with Crippen molar-refractivity contribution in [2.45, 2.75) is 25.8 Å². The number of nitrogens with zero attached hydrogens (tertiary/aromatic N) is 1. The summed E-state index contributed by atoms with van der Waals surface area (Å²) in [6.07, 6.45) is 1.28. The fourth-order valence-electron chi connectivity index (χ4n) is 1.05. The van der Waals surface area contributed by atoms with Crippen LogP contribution in [0.5, 0.6) is 0 Å². The minimum atomic E-state index is -3.38. The van der Waals surface area contributed by atoms with Crippen molar-refractivity contribution in [3.8, 4) is 0 Å². The molecule has 0 radical (unpaired) electrons.